The van der Waals surface area contributed by atoms with E-state index in [1.54, 1.807) is 49.4 Å². The third-order valence-corrected chi connectivity index (χ3v) is 4.60. The van der Waals surface area contributed by atoms with E-state index in [0.717, 1.165) is 0 Å². The maximum absolute atomic E-state index is 13.1. The van der Waals surface area contributed by atoms with Crippen LogP contribution in [-0.4, -0.2) is 37.5 Å². The lowest BCUT2D eigenvalue weighted by Crippen LogP contribution is -2.36. The van der Waals surface area contributed by atoms with Gasteiger partial charge in [0.1, 0.15) is 6.54 Å². The van der Waals surface area contributed by atoms with E-state index in [1.807, 2.05) is 0 Å². The maximum Gasteiger partial charge on any atom is 0.326 e. The van der Waals surface area contributed by atoms with Gasteiger partial charge in [-0.2, -0.15) is 0 Å². The van der Waals surface area contributed by atoms with Crippen LogP contribution >= 0.6 is 11.6 Å². The molecule has 0 bridgehead atoms. The van der Waals surface area contributed by atoms with E-state index in [1.165, 1.54) is 9.80 Å². The Balaban J connectivity index is 2.01. The van der Waals surface area contributed by atoms with E-state index < -0.39 is 5.97 Å². The lowest BCUT2D eigenvalue weighted by molar-refractivity contribution is -0.142. The number of fused-ring (bicyclic) bond motifs is 1. The van der Waals surface area contributed by atoms with Crippen molar-refractivity contribution in [2.24, 2.45) is 0 Å². The van der Waals surface area contributed by atoms with Crippen molar-refractivity contribution in [3.63, 3.8) is 0 Å². The fraction of sp³-hybridized carbons (Fsp3) is 0.250. The Bertz CT molecular complexity index is 914. The summed E-state index contributed by atoms with van der Waals surface area (Å²) in [6.45, 7) is 1.84. The number of rotatable bonds is 4. The highest BCUT2D eigenvalue weighted by Crippen LogP contribution is 2.36. The predicted molar refractivity (Wildman–Crippen MR) is 108 cm³/mol. The SMILES string of the molecule is CCOC(=O)CN1C(=O)CCN(C(=O)c2ccc(N)cc2)c2ccc(Cl)cc21. The molecule has 1 aliphatic rings. The number of nitrogens with zero attached hydrogens (tertiary/aromatic N) is 2. The summed E-state index contributed by atoms with van der Waals surface area (Å²) in [6, 6.07) is 11.4. The van der Waals surface area contributed by atoms with Crippen molar-refractivity contribution in [3.8, 4) is 0 Å². The molecule has 0 radical (unpaired) electrons. The second-order valence-corrected chi connectivity index (χ2v) is 6.68. The second-order valence-electron chi connectivity index (χ2n) is 6.25. The highest BCUT2D eigenvalue weighted by Gasteiger charge is 2.31. The zero-order chi connectivity index (χ0) is 20.3. The minimum atomic E-state index is -0.528. The molecule has 2 N–H and O–H groups in total. The van der Waals surface area contributed by atoms with Crippen LogP contribution in [0.3, 0.4) is 0 Å². The van der Waals surface area contributed by atoms with Crippen LogP contribution in [0.5, 0.6) is 0 Å². The number of hydrogen-bond donors (Lipinski definition) is 1. The van der Waals surface area contributed by atoms with Gasteiger partial charge < -0.3 is 15.4 Å². The molecule has 0 aromatic heterocycles. The first kappa shape index (κ1) is 19.7. The fourth-order valence-electron chi connectivity index (χ4n) is 3.04. The minimum absolute atomic E-state index is 0.0619. The van der Waals surface area contributed by atoms with Gasteiger partial charge in [0.15, 0.2) is 0 Å². The molecule has 1 heterocycles. The molecule has 3 rings (SSSR count). The molecule has 8 heteroatoms. The molecule has 0 spiro atoms. The summed E-state index contributed by atoms with van der Waals surface area (Å²) in [6.07, 6.45) is 0.0619. The normalized spacial score (nSPS) is 13.7. The van der Waals surface area contributed by atoms with Gasteiger partial charge in [-0.25, -0.2) is 0 Å². The van der Waals surface area contributed by atoms with E-state index in [9.17, 15) is 14.4 Å². The number of nitrogen functional groups attached to an aromatic ring is 1. The largest absolute Gasteiger partial charge is 0.465 e. The molecule has 0 saturated carbocycles. The summed E-state index contributed by atoms with van der Waals surface area (Å²) >= 11 is 6.13. The maximum atomic E-state index is 13.1. The van der Waals surface area contributed by atoms with E-state index in [-0.39, 0.29) is 37.9 Å². The number of carbonyl (C=O) groups excluding carboxylic acids is 3. The van der Waals surface area contributed by atoms with Crippen LogP contribution in [0, 0.1) is 0 Å². The highest BCUT2D eigenvalue weighted by atomic mass is 35.5. The lowest BCUT2D eigenvalue weighted by Gasteiger charge is -2.25. The summed E-state index contributed by atoms with van der Waals surface area (Å²) in [5.74, 6) is -1.08. The quantitative estimate of drug-likeness (QED) is 0.628. The number of halogens is 1. The Morgan fingerprint density at radius 1 is 1.14 bits per heavy atom. The molecule has 0 fully saturated rings. The Kier molecular flexibility index (Phi) is 5.84. The zero-order valence-corrected chi connectivity index (χ0v) is 16.1. The third kappa shape index (κ3) is 4.09. The fourth-order valence-corrected chi connectivity index (χ4v) is 3.21. The third-order valence-electron chi connectivity index (χ3n) is 4.36. The van der Waals surface area contributed by atoms with Gasteiger partial charge >= 0.3 is 5.97 Å². The molecule has 7 nitrogen and oxygen atoms in total. The Morgan fingerprint density at radius 2 is 1.86 bits per heavy atom. The number of benzene rings is 2. The Morgan fingerprint density at radius 3 is 2.54 bits per heavy atom. The van der Waals surface area contributed by atoms with Gasteiger partial charge in [-0.15, -0.1) is 0 Å². The summed E-state index contributed by atoms with van der Waals surface area (Å²) in [4.78, 5) is 40.6. The highest BCUT2D eigenvalue weighted by molar-refractivity contribution is 6.31. The van der Waals surface area contributed by atoms with Crippen LogP contribution in [0.1, 0.15) is 23.7 Å². The summed E-state index contributed by atoms with van der Waals surface area (Å²) in [5.41, 5.74) is 7.59. The van der Waals surface area contributed by atoms with Gasteiger partial charge in [-0.1, -0.05) is 11.6 Å². The van der Waals surface area contributed by atoms with Crippen molar-refractivity contribution in [1.82, 2.24) is 0 Å². The van der Waals surface area contributed by atoms with Gasteiger partial charge in [0.25, 0.3) is 5.91 Å². The van der Waals surface area contributed by atoms with E-state index in [2.05, 4.69) is 0 Å². The molecule has 2 aromatic rings. The van der Waals surface area contributed by atoms with Crippen LogP contribution in [-0.2, 0) is 14.3 Å². The van der Waals surface area contributed by atoms with Crippen LogP contribution < -0.4 is 15.5 Å². The minimum Gasteiger partial charge on any atom is -0.465 e. The zero-order valence-electron chi connectivity index (χ0n) is 15.4. The first-order chi connectivity index (χ1) is 13.4. The second kappa shape index (κ2) is 8.31. The van der Waals surface area contributed by atoms with Gasteiger partial charge in [0, 0.05) is 29.2 Å². The van der Waals surface area contributed by atoms with Crippen LogP contribution in [0.25, 0.3) is 0 Å². The van der Waals surface area contributed by atoms with Gasteiger partial charge in [0.2, 0.25) is 5.91 Å². The van der Waals surface area contributed by atoms with Crippen molar-refractivity contribution >= 4 is 46.4 Å². The Hall–Kier alpha value is -3.06. The number of nitrogens with two attached hydrogens (primary N) is 1. The molecule has 1 aliphatic heterocycles. The standard InChI is InChI=1S/C20H20ClN3O4/c1-2-28-19(26)12-24-17-11-14(21)5-8-16(17)23(10-9-18(24)25)20(27)13-3-6-15(22)7-4-13/h3-8,11H,2,9-10,12,22H2,1H3. The molecule has 0 atom stereocenters. The smallest absolute Gasteiger partial charge is 0.326 e. The molecule has 146 valence electrons. The van der Waals surface area contributed by atoms with E-state index >= 15 is 0 Å². The van der Waals surface area contributed by atoms with E-state index in [0.29, 0.717) is 27.6 Å². The molecule has 0 unspecified atom stereocenters. The van der Waals surface area contributed by atoms with Crippen LogP contribution in [0.15, 0.2) is 42.5 Å². The number of esters is 1. The molecular weight excluding hydrogens is 382 g/mol. The van der Waals surface area contributed by atoms with Crippen molar-refractivity contribution in [2.75, 3.05) is 35.2 Å². The predicted octanol–water partition coefficient (Wildman–Crippen LogP) is 2.87. The molecule has 2 aromatic carbocycles. The van der Waals surface area contributed by atoms with Crippen molar-refractivity contribution < 1.29 is 19.1 Å². The number of amides is 2. The number of carbonyl (C=O) groups is 3. The lowest BCUT2D eigenvalue weighted by atomic mass is 10.1. The summed E-state index contributed by atoms with van der Waals surface area (Å²) in [5, 5.41) is 0.391. The molecular formula is C20H20ClN3O4. The van der Waals surface area contributed by atoms with Gasteiger partial charge in [0.05, 0.1) is 18.0 Å². The monoisotopic (exact) mass is 401 g/mol. The van der Waals surface area contributed by atoms with Crippen molar-refractivity contribution in [3.05, 3.63) is 53.1 Å². The number of anilines is 3. The molecule has 28 heavy (non-hydrogen) atoms. The summed E-state index contributed by atoms with van der Waals surface area (Å²) < 4.78 is 4.98. The first-order valence-electron chi connectivity index (χ1n) is 8.83. The Labute approximate surface area is 167 Å². The molecule has 2 amide bonds. The van der Waals surface area contributed by atoms with Gasteiger partial charge in [-0.3, -0.25) is 19.3 Å². The van der Waals surface area contributed by atoms with Crippen LogP contribution in [0.2, 0.25) is 5.02 Å². The average Bonchev–Trinajstić information content (AvgIpc) is 2.79. The molecule has 0 saturated heterocycles. The average molecular weight is 402 g/mol. The molecule has 0 aliphatic carbocycles. The van der Waals surface area contributed by atoms with Gasteiger partial charge in [-0.05, 0) is 49.4 Å². The van der Waals surface area contributed by atoms with Crippen LogP contribution in [0.4, 0.5) is 17.1 Å². The van der Waals surface area contributed by atoms with Crippen molar-refractivity contribution in [2.45, 2.75) is 13.3 Å². The van der Waals surface area contributed by atoms with E-state index in [4.69, 9.17) is 22.1 Å². The number of ether oxygens (including phenoxy) is 1. The number of hydrogen-bond acceptors (Lipinski definition) is 5. The first-order valence-corrected chi connectivity index (χ1v) is 9.21. The van der Waals surface area contributed by atoms with Crippen molar-refractivity contribution in [1.29, 1.82) is 0 Å². The topological polar surface area (TPSA) is 92.9 Å². The summed E-state index contributed by atoms with van der Waals surface area (Å²) in [7, 11) is 0.